The Morgan fingerprint density at radius 1 is 1.22 bits per heavy atom. The number of hydrazone groups is 1. The second-order valence-electron chi connectivity index (χ2n) is 5.88. The van der Waals surface area contributed by atoms with E-state index in [-0.39, 0.29) is 0 Å². The van der Waals surface area contributed by atoms with Gasteiger partial charge in [0.2, 0.25) is 5.79 Å². The van der Waals surface area contributed by atoms with Crippen molar-refractivity contribution >= 4 is 29.3 Å². The highest BCUT2D eigenvalue weighted by atomic mass is 35.5. The summed E-state index contributed by atoms with van der Waals surface area (Å²) in [5, 5.41) is 17.5. The summed E-state index contributed by atoms with van der Waals surface area (Å²) >= 11 is 5.93. The first kappa shape index (κ1) is 14.3. The number of aromatic nitrogens is 2. The number of benzene rings is 1. The number of aryl methyl sites for hydroxylation is 1. The van der Waals surface area contributed by atoms with Gasteiger partial charge in [0.25, 0.3) is 0 Å². The van der Waals surface area contributed by atoms with E-state index < -0.39 is 11.4 Å². The van der Waals surface area contributed by atoms with Crippen LogP contribution >= 0.6 is 11.6 Å². The normalized spacial score (nSPS) is 28.1. The van der Waals surface area contributed by atoms with Crippen molar-refractivity contribution < 1.29 is 0 Å². The number of halogens is 1. The molecule has 6 N–H and O–H groups in total. The smallest absolute Gasteiger partial charge is 0.223 e. The highest BCUT2D eigenvalue weighted by molar-refractivity contribution is 6.30. The van der Waals surface area contributed by atoms with E-state index in [1.807, 2.05) is 37.5 Å². The first-order chi connectivity index (χ1) is 10.9. The van der Waals surface area contributed by atoms with E-state index >= 15 is 0 Å². The quantitative estimate of drug-likeness (QED) is 0.644. The van der Waals surface area contributed by atoms with Crippen LogP contribution in [0.2, 0.25) is 5.02 Å². The van der Waals surface area contributed by atoms with Gasteiger partial charge in [-0.1, -0.05) is 23.7 Å². The maximum atomic E-state index is 6.58. The van der Waals surface area contributed by atoms with Crippen LogP contribution in [0, 0.1) is 0 Å². The molecule has 0 saturated carbocycles. The van der Waals surface area contributed by atoms with Gasteiger partial charge in [-0.05, 0) is 17.7 Å². The zero-order valence-corrected chi connectivity index (χ0v) is 13.2. The fourth-order valence-electron chi connectivity index (χ4n) is 2.86. The summed E-state index contributed by atoms with van der Waals surface area (Å²) < 4.78 is 1.69. The van der Waals surface area contributed by atoms with Gasteiger partial charge >= 0.3 is 0 Å². The number of nitrogens with one attached hydrogen (secondary N) is 2. The van der Waals surface area contributed by atoms with Crippen LogP contribution in [0.1, 0.15) is 5.56 Å². The minimum Gasteiger partial charge on any atom is -0.342 e. The summed E-state index contributed by atoms with van der Waals surface area (Å²) in [6.07, 6.45) is 3.45. The molecule has 120 valence electrons. The average Bonchev–Trinajstić information content (AvgIpc) is 2.95. The first-order valence-electron chi connectivity index (χ1n) is 7.15. The highest BCUT2D eigenvalue weighted by Gasteiger charge is 2.57. The molecule has 1 aromatic heterocycles. The largest absolute Gasteiger partial charge is 0.342 e. The lowest BCUT2D eigenvalue weighted by Crippen LogP contribution is -2.78. The van der Waals surface area contributed by atoms with Crippen LogP contribution in [0.5, 0.6) is 0 Å². The average molecular weight is 333 g/mol. The van der Waals surface area contributed by atoms with Crippen molar-refractivity contribution in [3.8, 4) is 0 Å². The van der Waals surface area contributed by atoms with E-state index in [1.165, 1.54) is 0 Å². The summed E-state index contributed by atoms with van der Waals surface area (Å²) in [5.41, 5.74) is 13.8. The number of fused-ring (bicyclic) bond motifs is 2. The standard InChI is InChI=1S/C14H17ClN8/c1-22-7-11-12(21-22)20-13(16)8-18-23(14(13,17)19-11)6-9-2-4-10(15)5-3-9/h2-5,7-8,19H,6,16-17H2,1H3,(H,20,21). The lowest BCUT2D eigenvalue weighted by molar-refractivity contribution is 0.0987. The monoisotopic (exact) mass is 332 g/mol. The van der Waals surface area contributed by atoms with E-state index in [0.717, 1.165) is 11.3 Å². The predicted octanol–water partition coefficient (Wildman–Crippen LogP) is 0.680. The zero-order valence-electron chi connectivity index (χ0n) is 12.5. The Morgan fingerprint density at radius 2 is 1.96 bits per heavy atom. The second kappa shape index (κ2) is 4.60. The molecule has 0 aliphatic carbocycles. The van der Waals surface area contributed by atoms with Gasteiger partial charge in [0.05, 0.1) is 19.0 Å². The molecule has 2 unspecified atom stereocenters. The molecule has 2 atom stereocenters. The third-order valence-corrected chi connectivity index (χ3v) is 4.42. The molecular weight excluding hydrogens is 316 g/mol. The van der Waals surface area contributed by atoms with Gasteiger partial charge in [0.1, 0.15) is 5.69 Å². The Morgan fingerprint density at radius 3 is 2.70 bits per heavy atom. The Kier molecular flexibility index (Phi) is 2.87. The van der Waals surface area contributed by atoms with E-state index in [2.05, 4.69) is 20.8 Å². The van der Waals surface area contributed by atoms with Crippen molar-refractivity contribution in [1.29, 1.82) is 0 Å². The van der Waals surface area contributed by atoms with E-state index in [9.17, 15) is 0 Å². The Bertz CT molecular complexity index is 785. The molecule has 0 spiro atoms. The molecule has 0 saturated heterocycles. The summed E-state index contributed by atoms with van der Waals surface area (Å²) in [7, 11) is 1.84. The summed E-state index contributed by atoms with van der Waals surface area (Å²) in [4.78, 5) is 0. The highest BCUT2D eigenvalue weighted by Crippen LogP contribution is 2.38. The third-order valence-electron chi connectivity index (χ3n) is 4.16. The Labute approximate surface area is 138 Å². The molecule has 2 aliphatic rings. The second-order valence-corrected chi connectivity index (χ2v) is 6.32. The summed E-state index contributed by atoms with van der Waals surface area (Å²) in [6, 6.07) is 7.54. The van der Waals surface area contributed by atoms with Crippen molar-refractivity contribution in [2.75, 3.05) is 10.6 Å². The van der Waals surface area contributed by atoms with Crippen molar-refractivity contribution in [3.63, 3.8) is 0 Å². The van der Waals surface area contributed by atoms with Crippen LogP contribution < -0.4 is 22.1 Å². The molecule has 0 amide bonds. The molecule has 0 radical (unpaired) electrons. The van der Waals surface area contributed by atoms with E-state index in [1.54, 1.807) is 15.9 Å². The van der Waals surface area contributed by atoms with Gasteiger partial charge in [0.15, 0.2) is 11.5 Å². The molecule has 9 heteroatoms. The number of nitrogens with two attached hydrogens (primary N) is 2. The minimum atomic E-state index is -1.11. The minimum absolute atomic E-state index is 0.493. The van der Waals surface area contributed by atoms with E-state index in [0.29, 0.717) is 17.4 Å². The van der Waals surface area contributed by atoms with Crippen LogP contribution in [0.3, 0.4) is 0 Å². The molecule has 2 aliphatic heterocycles. The number of anilines is 2. The molecule has 23 heavy (non-hydrogen) atoms. The first-order valence-corrected chi connectivity index (χ1v) is 7.52. The van der Waals surface area contributed by atoms with Crippen molar-refractivity contribution in [2.24, 2.45) is 23.6 Å². The van der Waals surface area contributed by atoms with Crippen LogP contribution in [-0.2, 0) is 13.6 Å². The van der Waals surface area contributed by atoms with Crippen LogP contribution in [-0.4, -0.2) is 32.5 Å². The topological polar surface area (TPSA) is 110 Å². The fraction of sp³-hybridized carbons (Fsp3) is 0.286. The maximum Gasteiger partial charge on any atom is 0.223 e. The molecule has 2 aromatic rings. The zero-order chi connectivity index (χ0) is 16.2. The summed E-state index contributed by atoms with van der Waals surface area (Å²) in [6.45, 7) is 0.493. The van der Waals surface area contributed by atoms with E-state index in [4.69, 9.17) is 23.1 Å². The van der Waals surface area contributed by atoms with Gasteiger partial charge in [-0.2, -0.15) is 10.2 Å². The molecule has 1 aromatic carbocycles. The van der Waals surface area contributed by atoms with Crippen molar-refractivity contribution in [1.82, 2.24) is 14.8 Å². The number of rotatable bonds is 2. The molecule has 8 nitrogen and oxygen atoms in total. The van der Waals surface area contributed by atoms with Crippen LogP contribution in [0.25, 0.3) is 0 Å². The van der Waals surface area contributed by atoms with Crippen molar-refractivity contribution in [3.05, 3.63) is 41.0 Å². The third kappa shape index (κ3) is 2.07. The number of hydrogen-bond donors (Lipinski definition) is 4. The van der Waals surface area contributed by atoms with Gasteiger partial charge < -0.3 is 10.6 Å². The van der Waals surface area contributed by atoms with Crippen LogP contribution in [0.15, 0.2) is 35.6 Å². The van der Waals surface area contributed by atoms with Gasteiger partial charge in [0, 0.05) is 12.1 Å². The fourth-order valence-corrected chi connectivity index (χ4v) is 2.99. The van der Waals surface area contributed by atoms with Gasteiger partial charge in [-0.25, -0.2) is 0 Å². The Hall–Kier alpha value is -2.29. The SMILES string of the molecule is Cn1cc2c(n1)NC1(N)C=NN(Cc3ccc(Cl)cc3)C1(N)N2. The Balaban J connectivity index is 1.66. The van der Waals surface area contributed by atoms with Crippen LogP contribution in [0.4, 0.5) is 11.5 Å². The molecular formula is C14H17ClN8. The lowest BCUT2D eigenvalue weighted by atomic mass is 10.0. The molecule has 0 bridgehead atoms. The lowest BCUT2D eigenvalue weighted by Gasteiger charge is -2.47. The molecule has 3 heterocycles. The van der Waals surface area contributed by atoms with Gasteiger partial charge in [-0.15, -0.1) is 0 Å². The predicted molar refractivity (Wildman–Crippen MR) is 89.8 cm³/mol. The molecule has 4 rings (SSSR count). The molecule has 0 fully saturated rings. The van der Waals surface area contributed by atoms with Gasteiger partial charge in [-0.3, -0.25) is 21.2 Å². The summed E-state index contributed by atoms with van der Waals surface area (Å²) in [5.74, 6) is -0.460. The number of hydrogen-bond acceptors (Lipinski definition) is 7. The van der Waals surface area contributed by atoms with Crippen molar-refractivity contribution in [2.45, 2.75) is 18.0 Å². The maximum absolute atomic E-state index is 6.58. The number of nitrogens with zero attached hydrogens (tertiary/aromatic N) is 4.